The lowest BCUT2D eigenvalue weighted by atomic mass is 10.2. The number of thiazole rings is 1. The molecule has 0 aliphatic heterocycles. The Hall–Kier alpha value is -0.450. The van der Waals surface area contributed by atoms with Gasteiger partial charge in [0.2, 0.25) is 0 Å². The Balaban J connectivity index is 1.90. The van der Waals surface area contributed by atoms with Crippen molar-refractivity contribution in [3.05, 3.63) is 16.6 Å². The first-order valence-electron chi connectivity index (χ1n) is 4.50. The Morgan fingerprint density at radius 1 is 1.54 bits per heavy atom. The molecule has 0 aliphatic carbocycles. The summed E-state index contributed by atoms with van der Waals surface area (Å²) in [5, 5.41) is 5.41. The van der Waals surface area contributed by atoms with Crippen LogP contribution in [0.5, 0.6) is 0 Å². The van der Waals surface area contributed by atoms with Gasteiger partial charge in [-0.15, -0.1) is 11.3 Å². The minimum atomic E-state index is 0.788. The van der Waals surface area contributed by atoms with Crippen molar-refractivity contribution in [1.29, 1.82) is 0 Å². The van der Waals surface area contributed by atoms with E-state index in [-0.39, 0.29) is 0 Å². The van der Waals surface area contributed by atoms with E-state index in [1.807, 2.05) is 5.51 Å². The molecule has 13 heavy (non-hydrogen) atoms. The number of rotatable bonds is 7. The summed E-state index contributed by atoms with van der Waals surface area (Å²) in [6, 6.07) is 0. The molecule has 0 radical (unpaired) electrons. The molecule has 3 nitrogen and oxygen atoms in total. The van der Waals surface area contributed by atoms with E-state index in [1.54, 1.807) is 18.4 Å². The van der Waals surface area contributed by atoms with Crippen LogP contribution < -0.4 is 5.32 Å². The van der Waals surface area contributed by atoms with Crippen molar-refractivity contribution in [2.75, 3.05) is 26.8 Å². The SMILES string of the molecule is COCCNCCCc1cscn1. The Morgan fingerprint density at radius 3 is 3.15 bits per heavy atom. The maximum Gasteiger partial charge on any atom is 0.0794 e. The van der Waals surface area contributed by atoms with Crippen molar-refractivity contribution in [3.63, 3.8) is 0 Å². The van der Waals surface area contributed by atoms with Crippen LogP contribution in [0.15, 0.2) is 10.9 Å². The first-order valence-corrected chi connectivity index (χ1v) is 5.44. The Morgan fingerprint density at radius 2 is 2.46 bits per heavy atom. The van der Waals surface area contributed by atoms with E-state index in [4.69, 9.17) is 4.74 Å². The fourth-order valence-electron chi connectivity index (χ4n) is 1.05. The highest BCUT2D eigenvalue weighted by molar-refractivity contribution is 7.07. The first kappa shape index (κ1) is 10.6. The second-order valence-corrected chi connectivity index (χ2v) is 3.54. The minimum Gasteiger partial charge on any atom is -0.383 e. The largest absolute Gasteiger partial charge is 0.383 e. The van der Waals surface area contributed by atoms with Crippen LogP contribution >= 0.6 is 11.3 Å². The summed E-state index contributed by atoms with van der Waals surface area (Å²) in [7, 11) is 1.72. The monoisotopic (exact) mass is 200 g/mol. The van der Waals surface area contributed by atoms with Crippen molar-refractivity contribution in [2.24, 2.45) is 0 Å². The van der Waals surface area contributed by atoms with Gasteiger partial charge in [-0.2, -0.15) is 0 Å². The van der Waals surface area contributed by atoms with Crippen LogP contribution in [0, 0.1) is 0 Å². The predicted octanol–water partition coefficient (Wildman–Crippen LogP) is 1.31. The quantitative estimate of drug-likeness (QED) is 0.674. The van der Waals surface area contributed by atoms with Crippen LogP contribution in [0.3, 0.4) is 0 Å². The van der Waals surface area contributed by atoms with Gasteiger partial charge in [0.05, 0.1) is 17.8 Å². The van der Waals surface area contributed by atoms with Crippen LogP contribution in [0.1, 0.15) is 12.1 Å². The van der Waals surface area contributed by atoms with Gasteiger partial charge in [-0.1, -0.05) is 0 Å². The molecule has 1 N–H and O–H groups in total. The molecule has 0 spiro atoms. The summed E-state index contributed by atoms with van der Waals surface area (Å²) in [5.41, 5.74) is 3.09. The minimum absolute atomic E-state index is 0.788. The second kappa shape index (κ2) is 7.00. The Labute approximate surface area is 83.1 Å². The highest BCUT2D eigenvalue weighted by atomic mass is 32.1. The third-order valence-electron chi connectivity index (χ3n) is 1.75. The number of nitrogens with one attached hydrogen (secondary N) is 1. The molecular formula is C9H16N2OS. The number of ether oxygens (including phenoxy) is 1. The second-order valence-electron chi connectivity index (χ2n) is 2.83. The van der Waals surface area contributed by atoms with Crippen molar-refractivity contribution < 1.29 is 4.74 Å². The molecule has 0 aromatic carbocycles. The number of aromatic nitrogens is 1. The van der Waals surface area contributed by atoms with E-state index < -0.39 is 0 Å². The van der Waals surface area contributed by atoms with Crippen LogP contribution in [0.25, 0.3) is 0 Å². The van der Waals surface area contributed by atoms with E-state index >= 15 is 0 Å². The van der Waals surface area contributed by atoms with Gasteiger partial charge in [0, 0.05) is 19.0 Å². The van der Waals surface area contributed by atoms with Crippen LogP contribution in [0.2, 0.25) is 0 Å². The molecule has 0 saturated carbocycles. The normalized spacial score (nSPS) is 10.5. The molecule has 1 aromatic heterocycles. The van der Waals surface area contributed by atoms with Crippen molar-refractivity contribution in [1.82, 2.24) is 10.3 Å². The van der Waals surface area contributed by atoms with Crippen molar-refractivity contribution in [2.45, 2.75) is 12.8 Å². The number of hydrogen-bond donors (Lipinski definition) is 1. The molecule has 74 valence electrons. The van der Waals surface area contributed by atoms with Gasteiger partial charge in [-0.05, 0) is 19.4 Å². The van der Waals surface area contributed by atoms with E-state index in [1.165, 1.54) is 5.69 Å². The highest BCUT2D eigenvalue weighted by Gasteiger charge is 1.93. The number of methoxy groups -OCH3 is 1. The van der Waals surface area contributed by atoms with E-state index in [9.17, 15) is 0 Å². The zero-order chi connectivity index (χ0) is 9.36. The van der Waals surface area contributed by atoms with Gasteiger partial charge in [0.1, 0.15) is 0 Å². The number of hydrogen-bond acceptors (Lipinski definition) is 4. The molecule has 0 saturated heterocycles. The zero-order valence-electron chi connectivity index (χ0n) is 7.95. The summed E-state index contributed by atoms with van der Waals surface area (Å²) in [5.74, 6) is 0. The van der Waals surface area contributed by atoms with Gasteiger partial charge < -0.3 is 10.1 Å². The molecule has 0 atom stereocenters. The summed E-state index contributed by atoms with van der Waals surface area (Å²) >= 11 is 1.66. The summed E-state index contributed by atoms with van der Waals surface area (Å²) in [4.78, 5) is 4.22. The predicted molar refractivity (Wildman–Crippen MR) is 55.2 cm³/mol. The summed E-state index contributed by atoms with van der Waals surface area (Å²) < 4.78 is 4.92. The lowest BCUT2D eigenvalue weighted by Gasteiger charge is -2.02. The Bertz CT molecular complexity index is 201. The maximum absolute atomic E-state index is 4.92. The average molecular weight is 200 g/mol. The molecule has 1 heterocycles. The van der Waals surface area contributed by atoms with E-state index in [2.05, 4.69) is 15.7 Å². The first-order chi connectivity index (χ1) is 6.43. The lowest BCUT2D eigenvalue weighted by Crippen LogP contribution is -2.20. The number of aryl methyl sites for hydroxylation is 1. The standard InChI is InChI=1S/C9H16N2OS/c1-12-6-5-10-4-2-3-9-7-13-8-11-9/h7-8,10H,2-6H2,1H3. The molecule has 0 unspecified atom stereocenters. The van der Waals surface area contributed by atoms with Crippen molar-refractivity contribution in [3.8, 4) is 0 Å². The zero-order valence-corrected chi connectivity index (χ0v) is 8.77. The third-order valence-corrected chi connectivity index (χ3v) is 2.39. The molecule has 0 aliphatic rings. The molecule has 1 aromatic rings. The van der Waals surface area contributed by atoms with E-state index in [0.717, 1.165) is 32.5 Å². The number of nitrogens with zero attached hydrogens (tertiary/aromatic N) is 1. The molecule has 4 heteroatoms. The average Bonchev–Trinajstić information content (AvgIpc) is 2.63. The highest BCUT2D eigenvalue weighted by Crippen LogP contribution is 2.02. The van der Waals surface area contributed by atoms with Gasteiger partial charge in [0.25, 0.3) is 0 Å². The fourth-order valence-corrected chi connectivity index (χ4v) is 1.65. The Kier molecular flexibility index (Phi) is 5.73. The van der Waals surface area contributed by atoms with Crippen molar-refractivity contribution >= 4 is 11.3 Å². The summed E-state index contributed by atoms with van der Waals surface area (Å²) in [6.07, 6.45) is 2.22. The molecule has 1 rings (SSSR count). The van der Waals surface area contributed by atoms with Crippen LogP contribution in [-0.4, -0.2) is 31.8 Å². The lowest BCUT2D eigenvalue weighted by molar-refractivity contribution is 0.199. The molecule has 0 bridgehead atoms. The van der Waals surface area contributed by atoms with Crippen LogP contribution in [-0.2, 0) is 11.2 Å². The van der Waals surface area contributed by atoms with Gasteiger partial charge in [0.15, 0.2) is 0 Å². The molecule has 0 fully saturated rings. The van der Waals surface area contributed by atoms with E-state index in [0.29, 0.717) is 0 Å². The smallest absolute Gasteiger partial charge is 0.0794 e. The molecular weight excluding hydrogens is 184 g/mol. The fraction of sp³-hybridized carbons (Fsp3) is 0.667. The van der Waals surface area contributed by atoms with Crippen LogP contribution in [0.4, 0.5) is 0 Å². The summed E-state index contributed by atoms with van der Waals surface area (Å²) in [6.45, 7) is 2.77. The molecule has 0 amide bonds. The van der Waals surface area contributed by atoms with Gasteiger partial charge >= 0.3 is 0 Å². The maximum atomic E-state index is 4.92. The van der Waals surface area contributed by atoms with Gasteiger partial charge in [-0.25, -0.2) is 4.98 Å². The topological polar surface area (TPSA) is 34.1 Å². The van der Waals surface area contributed by atoms with Gasteiger partial charge in [-0.3, -0.25) is 0 Å². The third kappa shape index (κ3) is 4.98.